The Morgan fingerprint density at radius 3 is 2.59 bits per heavy atom. The third kappa shape index (κ3) is 5.64. The fraction of sp³-hybridized carbons (Fsp3) is 0.647. The van der Waals surface area contributed by atoms with E-state index >= 15 is 0 Å². The van der Waals surface area contributed by atoms with Gasteiger partial charge in [0.2, 0.25) is 5.88 Å². The number of anilines is 1. The number of nitrogens with zero attached hydrogens (tertiary/aromatic N) is 1. The standard InChI is InChI=1S/C17H28N2O3/c1-6-10-21-15-9-8-14(12-18-15)19-16(20)17(5,22-7-2)11-13(3)4/h8-9,12-13H,6-7,10-11H2,1-5H3,(H,19,20)/t17-/m0/s1. The number of carbonyl (C=O) groups excluding carboxylic acids is 1. The van der Waals surface area contributed by atoms with Gasteiger partial charge in [0.15, 0.2) is 0 Å². The number of amides is 1. The van der Waals surface area contributed by atoms with Crippen molar-refractivity contribution in [3.8, 4) is 5.88 Å². The maximum atomic E-state index is 12.5. The van der Waals surface area contributed by atoms with Gasteiger partial charge in [0.1, 0.15) is 5.60 Å². The average molecular weight is 308 g/mol. The van der Waals surface area contributed by atoms with Crippen LogP contribution in [-0.4, -0.2) is 29.7 Å². The number of ether oxygens (including phenoxy) is 2. The number of hydrogen-bond acceptors (Lipinski definition) is 4. The van der Waals surface area contributed by atoms with Crippen LogP contribution in [0.1, 0.15) is 47.5 Å². The summed E-state index contributed by atoms with van der Waals surface area (Å²) < 4.78 is 11.1. The van der Waals surface area contributed by atoms with Gasteiger partial charge in [-0.15, -0.1) is 0 Å². The zero-order valence-corrected chi connectivity index (χ0v) is 14.3. The van der Waals surface area contributed by atoms with E-state index in [1.807, 2.05) is 20.8 Å². The molecule has 1 aromatic heterocycles. The molecule has 0 saturated heterocycles. The summed E-state index contributed by atoms with van der Waals surface area (Å²) in [6, 6.07) is 3.55. The lowest BCUT2D eigenvalue weighted by Crippen LogP contribution is -2.44. The van der Waals surface area contributed by atoms with E-state index in [-0.39, 0.29) is 5.91 Å². The fourth-order valence-electron chi connectivity index (χ4n) is 2.32. The molecule has 124 valence electrons. The molecule has 1 aromatic rings. The molecular formula is C17H28N2O3. The Balaban J connectivity index is 2.72. The van der Waals surface area contributed by atoms with Crippen LogP contribution in [0.3, 0.4) is 0 Å². The highest BCUT2D eigenvalue weighted by Crippen LogP contribution is 2.23. The van der Waals surface area contributed by atoms with Crippen LogP contribution in [0.2, 0.25) is 0 Å². The first-order valence-corrected chi connectivity index (χ1v) is 7.95. The Bertz CT molecular complexity index is 459. The van der Waals surface area contributed by atoms with Gasteiger partial charge in [0.05, 0.1) is 18.5 Å². The second kappa shape index (κ2) is 8.73. The Morgan fingerprint density at radius 2 is 2.09 bits per heavy atom. The van der Waals surface area contributed by atoms with Crippen molar-refractivity contribution in [2.75, 3.05) is 18.5 Å². The Morgan fingerprint density at radius 1 is 1.36 bits per heavy atom. The molecule has 0 aromatic carbocycles. The highest BCUT2D eigenvalue weighted by Gasteiger charge is 2.34. The maximum Gasteiger partial charge on any atom is 0.256 e. The first-order valence-electron chi connectivity index (χ1n) is 7.95. The zero-order chi connectivity index (χ0) is 16.6. The third-order valence-electron chi connectivity index (χ3n) is 3.19. The molecule has 1 heterocycles. The summed E-state index contributed by atoms with van der Waals surface area (Å²) >= 11 is 0. The molecule has 5 nitrogen and oxygen atoms in total. The Labute approximate surface area is 133 Å². The van der Waals surface area contributed by atoms with Gasteiger partial charge in [-0.25, -0.2) is 4.98 Å². The number of aromatic nitrogens is 1. The minimum atomic E-state index is -0.833. The summed E-state index contributed by atoms with van der Waals surface area (Å²) in [6.45, 7) is 11.1. The molecule has 0 unspecified atom stereocenters. The lowest BCUT2D eigenvalue weighted by atomic mass is 9.93. The molecule has 0 radical (unpaired) electrons. The summed E-state index contributed by atoms with van der Waals surface area (Å²) in [7, 11) is 0. The lowest BCUT2D eigenvalue weighted by molar-refractivity contribution is -0.140. The van der Waals surface area contributed by atoms with Crippen LogP contribution in [0.5, 0.6) is 5.88 Å². The summed E-state index contributed by atoms with van der Waals surface area (Å²) in [6.07, 6.45) is 3.20. The van der Waals surface area contributed by atoms with Crippen LogP contribution in [-0.2, 0) is 9.53 Å². The van der Waals surface area contributed by atoms with E-state index in [0.717, 1.165) is 6.42 Å². The Hall–Kier alpha value is -1.62. The van der Waals surface area contributed by atoms with Crippen molar-refractivity contribution >= 4 is 11.6 Å². The highest BCUT2D eigenvalue weighted by molar-refractivity contribution is 5.96. The molecule has 1 amide bonds. The molecule has 0 spiro atoms. The average Bonchev–Trinajstić information content (AvgIpc) is 2.46. The van der Waals surface area contributed by atoms with Gasteiger partial charge in [-0.3, -0.25) is 4.79 Å². The minimum absolute atomic E-state index is 0.146. The van der Waals surface area contributed by atoms with Crippen LogP contribution < -0.4 is 10.1 Å². The first-order chi connectivity index (χ1) is 10.4. The molecule has 0 aliphatic heterocycles. The molecule has 0 aliphatic rings. The van der Waals surface area contributed by atoms with Crippen molar-refractivity contribution in [1.29, 1.82) is 0 Å². The minimum Gasteiger partial charge on any atom is -0.478 e. The molecule has 22 heavy (non-hydrogen) atoms. The second-order valence-corrected chi connectivity index (χ2v) is 5.95. The van der Waals surface area contributed by atoms with Gasteiger partial charge in [-0.05, 0) is 38.7 Å². The molecule has 1 rings (SSSR count). The van der Waals surface area contributed by atoms with Crippen LogP contribution in [0.25, 0.3) is 0 Å². The van der Waals surface area contributed by atoms with Gasteiger partial charge in [0, 0.05) is 12.7 Å². The van der Waals surface area contributed by atoms with Crippen molar-refractivity contribution in [2.45, 2.75) is 53.1 Å². The molecular weight excluding hydrogens is 280 g/mol. The van der Waals surface area contributed by atoms with Crippen molar-refractivity contribution in [3.63, 3.8) is 0 Å². The van der Waals surface area contributed by atoms with Gasteiger partial charge in [-0.2, -0.15) is 0 Å². The number of pyridine rings is 1. The molecule has 0 fully saturated rings. The van der Waals surface area contributed by atoms with Gasteiger partial charge in [-0.1, -0.05) is 20.8 Å². The summed E-state index contributed by atoms with van der Waals surface area (Å²) in [5, 5.41) is 2.87. The van der Waals surface area contributed by atoms with E-state index in [1.165, 1.54) is 0 Å². The van der Waals surface area contributed by atoms with Crippen molar-refractivity contribution in [2.24, 2.45) is 5.92 Å². The fourth-order valence-corrected chi connectivity index (χ4v) is 2.32. The predicted octanol–water partition coefficient (Wildman–Crippen LogP) is 3.65. The Kier molecular flexibility index (Phi) is 7.32. The number of hydrogen-bond donors (Lipinski definition) is 1. The van der Waals surface area contributed by atoms with E-state index in [4.69, 9.17) is 9.47 Å². The number of nitrogens with one attached hydrogen (secondary N) is 1. The first kappa shape index (κ1) is 18.4. The summed E-state index contributed by atoms with van der Waals surface area (Å²) in [5.41, 5.74) is -0.191. The number of carbonyl (C=O) groups is 1. The van der Waals surface area contributed by atoms with Crippen molar-refractivity contribution in [3.05, 3.63) is 18.3 Å². The third-order valence-corrected chi connectivity index (χ3v) is 3.19. The summed E-state index contributed by atoms with van der Waals surface area (Å²) in [4.78, 5) is 16.7. The van der Waals surface area contributed by atoms with E-state index in [0.29, 0.717) is 37.1 Å². The number of rotatable bonds is 9. The molecule has 1 N–H and O–H groups in total. The van der Waals surface area contributed by atoms with Crippen LogP contribution in [0.15, 0.2) is 18.3 Å². The summed E-state index contributed by atoms with van der Waals surface area (Å²) in [5.74, 6) is 0.784. The molecule has 0 saturated carbocycles. The van der Waals surface area contributed by atoms with Gasteiger partial charge < -0.3 is 14.8 Å². The van der Waals surface area contributed by atoms with Crippen molar-refractivity contribution < 1.29 is 14.3 Å². The van der Waals surface area contributed by atoms with Crippen molar-refractivity contribution in [1.82, 2.24) is 4.98 Å². The lowest BCUT2D eigenvalue weighted by Gasteiger charge is -2.29. The normalized spacial score (nSPS) is 13.7. The molecule has 5 heteroatoms. The van der Waals surface area contributed by atoms with E-state index in [2.05, 4.69) is 24.1 Å². The smallest absolute Gasteiger partial charge is 0.256 e. The van der Waals surface area contributed by atoms with E-state index < -0.39 is 5.60 Å². The SMILES string of the molecule is CCCOc1ccc(NC(=O)[C@](C)(CC(C)C)OCC)cn1. The highest BCUT2D eigenvalue weighted by atomic mass is 16.5. The second-order valence-electron chi connectivity index (χ2n) is 5.95. The van der Waals surface area contributed by atoms with Crippen LogP contribution >= 0.6 is 0 Å². The molecule has 1 atom stereocenters. The van der Waals surface area contributed by atoms with Gasteiger partial charge in [0.25, 0.3) is 5.91 Å². The van der Waals surface area contributed by atoms with Crippen LogP contribution in [0.4, 0.5) is 5.69 Å². The quantitative estimate of drug-likeness (QED) is 0.756. The molecule has 0 bridgehead atoms. The maximum absolute atomic E-state index is 12.5. The van der Waals surface area contributed by atoms with E-state index in [1.54, 1.807) is 18.3 Å². The van der Waals surface area contributed by atoms with E-state index in [9.17, 15) is 4.79 Å². The largest absolute Gasteiger partial charge is 0.478 e. The predicted molar refractivity (Wildman–Crippen MR) is 88.1 cm³/mol. The zero-order valence-electron chi connectivity index (χ0n) is 14.3. The molecule has 0 aliphatic carbocycles. The van der Waals surface area contributed by atoms with Gasteiger partial charge >= 0.3 is 0 Å². The topological polar surface area (TPSA) is 60.5 Å². The van der Waals surface area contributed by atoms with Crippen LogP contribution in [0, 0.1) is 5.92 Å². The monoisotopic (exact) mass is 308 g/mol.